The van der Waals surface area contributed by atoms with Crippen molar-refractivity contribution in [2.75, 3.05) is 44.4 Å². The second-order valence-corrected chi connectivity index (χ2v) is 8.49. The minimum Gasteiger partial charge on any atom is -0.373 e. The molecule has 1 atom stereocenters. The maximum absolute atomic E-state index is 12.3. The van der Waals surface area contributed by atoms with Crippen molar-refractivity contribution in [3.63, 3.8) is 0 Å². The first-order valence-corrected chi connectivity index (χ1v) is 10.1. The lowest BCUT2D eigenvalue weighted by atomic mass is 9.99. The number of carbonyl (C=O) groups is 1. The summed E-state index contributed by atoms with van der Waals surface area (Å²) in [5.41, 5.74) is 2.32. The number of rotatable bonds is 6. The van der Waals surface area contributed by atoms with Crippen LogP contribution in [0.2, 0.25) is 0 Å². The lowest BCUT2D eigenvalue weighted by Gasteiger charge is -2.30. The van der Waals surface area contributed by atoms with Crippen molar-refractivity contribution in [3.05, 3.63) is 29.8 Å². The lowest BCUT2D eigenvalue weighted by Crippen LogP contribution is -2.46. The second kappa shape index (κ2) is 7.98. The molecule has 1 aliphatic heterocycles. The molecule has 0 aromatic heterocycles. The van der Waals surface area contributed by atoms with Crippen LogP contribution in [0.5, 0.6) is 0 Å². The maximum atomic E-state index is 12.3. The molecule has 134 valence electrons. The van der Waals surface area contributed by atoms with E-state index < -0.39 is 10.0 Å². The van der Waals surface area contributed by atoms with Crippen molar-refractivity contribution < 1.29 is 13.2 Å². The summed E-state index contributed by atoms with van der Waals surface area (Å²) < 4.78 is 24.7. The highest BCUT2D eigenvalue weighted by Crippen LogP contribution is 2.18. The molecule has 1 N–H and O–H groups in total. The average molecular weight is 353 g/mol. The molecule has 24 heavy (non-hydrogen) atoms. The molecule has 1 aliphatic rings. The minimum atomic E-state index is -3.22. The Morgan fingerprint density at radius 3 is 2.62 bits per heavy atom. The number of nitrogens with one attached hydrogen (secondary N) is 1. The van der Waals surface area contributed by atoms with Gasteiger partial charge in [0.1, 0.15) is 0 Å². The number of benzene rings is 1. The number of hydrogen-bond acceptors (Lipinski definition) is 4. The molecule has 0 unspecified atom stereocenters. The van der Waals surface area contributed by atoms with Gasteiger partial charge in [0.25, 0.3) is 0 Å². The standard InChI is InChI=1S/C17H27N3O3S/c1-14-6-8-16(9-7-14)19(2)12-10-18-17(21)15-5-4-11-20(13-15)24(3,22)23/h6-9,15H,4-5,10-13H2,1-3H3,(H,18,21)/t15-/m1/s1. The molecule has 2 rings (SSSR count). The van der Waals surface area contributed by atoms with Gasteiger partial charge in [-0.1, -0.05) is 17.7 Å². The molecular formula is C17H27N3O3S. The van der Waals surface area contributed by atoms with Crippen LogP contribution in [0.1, 0.15) is 18.4 Å². The van der Waals surface area contributed by atoms with Gasteiger partial charge >= 0.3 is 0 Å². The summed E-state index contributed by atoms with van der Waals surface area (Å²) in [7, 11) is -1.23. The Kier molecular flexibility index (Phi) is 6.23. The zero-order chi connectivity index (χ0) is 17.7. The molecule has 1 aromatic rings. The Morgan fingerprint density at radius 2 is 2.00 bits per heavy atom. The third-order valence-electron chi connectivity index (χ3n) is 4.45. The Hall–Kier alpha value is -1.60. The summed E-state index contributed by atoms with van der Waals surface area (Å²) in [6, 6.07) is 8.24. The predicted molar refractivity (Wildman–Crippen MR) is 96.6 cm³/mol. The minimum absolute atomic E-state index is 0.0549. The fraction of sp³-hybridized carbons (Fsp3) is 0.588. The highest BCUT2D eigenvalue weighted by Gasteiger charge is 2.29. The summed E-state index contributed by atoms with van der Waals surface area (Å²) >= 11 is 0. The van der Waals surface area contributed by atoms with Crippen molar-refractivity contribution >= 4 is 21.6 Å². The third-order valence-corrected chi connectivity index (χ3v) is 5.71. The number of nitrogens with zero attached hydrogens (tertiary/aromatic N) is 2. The van der Waals surface area contributed by atoms with E-state index in [1.165, 1.54) is 16.1 Å². The molecule has 1 heterocycles. The van der Waals surface area contributed by atoms with Crippen LogP contribution < -0.4 is 10.2 Å². The molecule has 1 saturated heterocycles. The zero-order valence-electron chi connectivity index (χ0n) is 14.7. The number of hydrogen-bond donors (Lipinski definition) is 1. The molecule has 0 radical (unpaired) electrons. The lowest BCUT2D eigenvalue weighted by molar-refractivity contribution is -0.125. The number of aryl methyl sites for hydroxylation is 1. The number of amides is 1. The molecule has 7 heteroatoms. The average Bonchev–Trinajstić information content (AvgIpc) is 2.54. The Morgan fingerprint density at radius 1 is 1.33 bits per heavy atom. The van der Waals surface area contributed by atoms with Gasteiger partial charge in [-0.2, -0.15) is 0 Å². The van der Waals surface area contributed by atoms with Crippen LogP contribution >= 0.6 is 0 Å². The van der Waals surface area contributed by atoms with E-state index >= 15 is 0 Å². The van der Waals surface area contributed by atoms with Gasteiger partial charge in [-0.05, 0) is 31.9 Å². The van der Waals surface area contributed by atoms with Crippen LogP contribution in [-0.2, 0) is 14.8 Å². The van der Waals surface area contributed by atoms with E-state index in [1.807, 2.05) is 14.0 Å². The van der Waals surface area contributed by atoms with Gasteiger partial charge < -0.3 is 10.2 Å². The van der Waals surface area contributed by atoms with Gasteiger partial charge in [0.15, 0.2) is 0 Å². The summed E-state index contributed by atoms with van der Waals surface area (Å²) in [5.74, 6) is -0.307. The van der Waals surface area contributed by atoms with Gasteiger partial charge in [-0.15, -0.1) is 0 Å². The van der Waals surface area contributed by atoms with Crippen LogP contribution in [-0.4, -0.2) is 58.1 Å². The monoisotopic (exact) mass is 353 g/mol. The van der Waals surface area contributed by atoms with Crippen molar-refractivity contribution in [2.24, 2.45) is 5.92 Å². The first-order chi connectivity index (χ1) is 11.3. The largest absolute Gasteiger partial charge is 0.373 e. The Labute approximate surface area is 144 Å². The van der Waals surface area contributed by atoms with Crippen LogP contribution in [0.3, 0.4) is 0 Å². The van der Waals surface area contributed by atoms with Gasteiger partial charge in [-0.25, -0.2) is 12.7 Å². The molecule has 1 aromatic carbocycles. The Bertz CT molecular complexity index is 658. The van der Waals surface area contributed by atoms with E-state index in [-0.39, 0.29) is 11.8 Å². The third kappa shape index (κ3) is 5.21. The summed E-state index contributed by atoms with van der Waals surface area (Å²) in [4.78, 5) is 14.4. The summed E-state index contributed by atoms with van der Waals surface area (Å²) in [6.45, 7) is 4.10. The number of likely N-dealkylation sites (N-methyl/N-ethyl adjacent to an activating group) is 1. The molecule has 6 nitrogen and oxygen atoms in total. The van der Waals surface area contributed by atoms with Crippen molar-refractivity contribution in [3.8, 4) is 0 Å². The second-order valence-electron chi connectivity index (χ2n) is 6.51. The molecule has 1 amide bonds. The van der Waals surface area contributed by atoms with Crippen LogP contribution in [0.25, 0.3) is 0 Å². The summed E-state index contributed by atoms with van der Waals surface area (Å²) in [6.07, 6.45) is 2.67. The SMILES string of the molecule is Cc1ccc(N(C)CCNC(=O)[C@@H]2CCCN(S(C)(=O)=O)C2)cc1. The van der Waals surface area contributed by atoms with E-state index in [2.05, 4.69) is 34.5 Å². The van der Waals surface area contributed by atoms with Gasteiger partial charge in [-0.3, -0.25) is 4.79 Å². The van der Waals surface area contributed by atoms with E-state index in [0.717, 1.165) is 18.5 Å². The van der Waals surface area contributed by atoms with Crippen LogP contribution in [0.15, 0.2) is 24.3 Å². The van der Waals surface area contributed by atoms with Gasteiger partial charge in [0, 0.05) is 38.9 Å². The molecular weight excluding hydrogens is 326 g/mol. The number of carbonyl (C=O) groups excluding carboxylic acids is 1. The smallest absolute Gasteiger partial charge is 0.224 e. The first-order valence-electron chi connectivity index (χ1n) is 8.28. The van der Waals surface area contributed by atoms with E-state index in [9.17, 15) is 13.2 Å². The number of sulfonamides is 1. The van der Waals surface area contributed by atoms with Crippen molar-refractivity contribution in [1.29, 1.82) is 0 Å². The fourth-order valence-electron chi connectivity index (χ4n) is 2.88. The van der Waals surface area contributed by atoms with Crippen molar-refractivity contribution in [2.45, 2.75) is 19.8 Å². The first kappa shape index (κ1) is 18.7. The molecule has 0 saturated carbocycles. The summed E-state index contributed by atoms with van der Waals surface area (Å²) in [5, 5.41) is 2.93. The van der Waals surface area contributed by atoms with Crippen LogP contribution in [0.4, 0.5) is 5.69 Å². The number of anilines is 1. The topological polar surface area (TPSA) is 69.7 Å². The van der Waals surface area contributed by atoms with E-state index in [1.54, 1.807) is 0 Å². The predicted octanol–water partition coefficient (Wildman–Crippen LogP) is 1.22. The van der Waals surface area contributed by atoms with Gasteiger partial charge in [0.05, 0.1) is 12.2 Å². The molecule has 1 fully saturated rings. The van der Waals surface area contributed by atoms with Crippen molar-refractivity contribution in [1.82, 2.24) is 9.62 Å². The van der Waals surface area contributed by atoms with Gasteiger partial charge in [0.2, 0.25) is 15.9 Å². The quantitative estimate of drug-likeness (QED) is 0.835. The van der Waals surface area contributed by atoms with E-state index in [0.29, 0.717) is 26.2 Å². The molecule has 0 aliphatic carbocycles. The zero-order valence-corrected chi connectivity index (χ0v) is 15.5. The van der Waals surface area contributed by atoms with E-state index in [4.69, 9.17) is 0 Å². The Balaban J connectivity index is 1.79. The maximum Gasteiger partial charge on any atom is 0.224 e. The molecule has 0 bridgehead atoms. The van der Waals surface area contributed by atoms with Crippen LogP contribution in [0, 0.1) is 12.8 Å². The highest BCUT2D eigenvalue weighted by molar-refractivity contribution is 7.88. The fourth-order valence-corrected chi connectivity index (χ4v) is 3.79. The highest BCUT2D eigenvalue weighted by atomic mass is 32.2. The number of piperidine rings is 1. The normalized spacial score (nSPS) is 19.0. The molecule has 0 spiro atoms.